The maximum Gasteiger partial charge on any atom is 0.123 e. The fourth-order valence-corrected chi connectivity index (χ4v) is 5.12. The number of anilines is 2. The van der Waals surface area contributed by atoms with Crippen LogP contribution in [0.25, 0.3) is 0 Å². The summed E-state index contributed by atoms with van der Waals surface area (Å²) < 4.78 is 13.1. The van der Waals surface area contributed by atoms with Gasteiger partial charge in [0.2, 0.25) is 0 Å². The molecule has 142 valence electrons. The number of aliphatic hydroxyl groups excluding tert-OH is 1. The van der Waals surface area contributed by atoms with E-state index < -0.39 is 6.10 Å². The molecule has 3 aliphatic heterocycles. The van der Waals surface area contributed by atoms with Gasteiger partial charge in [0.15, 0.2) is 0 Å². The van der Waals surface area contributed by atoms with E-state index in [4.69, 9.17) is 0 Å². The number of hydrogen-bond donors (Lipinski definition) is 2. The molecule has 2 aromatic rings. The number of aliphatic hydroxyl groups is 1. The molecule has 0 spiro atoms. The summed E-state index contributed by atoms with van der Waals surface area (Å²) in [5.74, 6) is 0.292. The van der Waals surface area contributed by atoms with Crippen LogP contribution in [0.3, 0.4) is 0 Å². The topological polar surface area (TPSA) is 38.7 Å². The van der Waals surface area contributed by atoms with Crippen LogP contribution < -0.4 is 10.2 Å². The van der Waals surface area contributed by atoms with Gasteiger partial charge in [-0.3, -0.25) is 0 Å². The summed E-state index contributed by atoms with van der Waals surface area (Å²) in [6, 6.07) is 13.5. The number of rotatable bonds is 4. The molecule has 0 amide bonds. The molecule has 0 saturated carbocycles. The van der Waals surface area contributed by atoms with Crippen LogP contribution in [0.15, 0.2) is 42.5 Å². The number of benzene rings is 2. The maximum atomic E-state index is 13.1. The average molecular weight is 367 g/mol. The molecule has 1 saturated heterocycles. The van der Waals surface area contributed by atoms with Crippen LogP contribution in [-0.2, 0) is 0 Å². The van der Waals surface area contributed by atoms with E-state index >= 15 is 0 Å². The lowest BCUT2D eigenvalue weighted by Crippen LogP contribution is -2.48. The van der Waals surface area contributed by atoms with Crippen molar-refractivity contribution >= 4 is 11.4 Å². The van der Waals surface area contributed by atoms with E-state index in [9.17, 15) is 9.50 Å². The highest BCUT2D eigenvalue weighted by molar-refractivity contribution is 5.80. The van der Waals surface area contributed by atoms with E-state index in [1.165, 1.54) is 35.5 Å². The molecule has 0 radical (unpaired) electrons. The van der Waals surface area contributed by atoms with E-state index in [-0.39, 0.29) is 5.82 Å². The fraction of sp³-hybridized carbons (Fsp3) is 0.455. The minimum absolute atomic E-state index is 0.260. The summed E-state index contributed by atoms with van der Waals surface area (Å²) in [4.78, 5) is 5.11. The SMILES string of the molecule is OC(CCN1CC[C@H]2[C@@H](C1)c1cccc3c1N2CCN3)c1ccc(F)cc1. The van der Waals surface area contributed by atoms with Gasteiger partial charge in [0.1, 0.15) is 5.82 Å². The van der Waals surface area contributed by atoms with Crippen molar-refractivity contribution in [1.29, 1.82) is 0 Å². The predicted molar refractivity (Wildman–Crippen MR) is 106 cm³/mol. The highest BCUT2D eigenvalue weighted by atomic mass is 19.1. The van der Waals surface area contributed by atoms with Crippen LogP contribution in [-0.4, -0.2) is 48.8 Å². The third-order valence-corrected chi connectivity index (χ3v) is 6.46. The zero-order valence-electron chi connectivity index (χ0n) is 15.4. The Hall–Kier alpha value is -2.11. The number of para-hydroxylation sites is 1. The molecule has 2 N–H and O–H groups in total. The normalized spacial score (nSPS) is 24.9. The van der Waals surface area contributed by atoms with Crippen molar-refractivity contribution in [3.8, 4) is 0 Å². The second-order valence-corrected chi connectivity index (χ2v) is 7.98. The van der Waals surface area contributed by atoms with Gasteiger partial charge in [0, 0.05) is 44.7 Å². The largest absolute Gasteiger partial charge is 0.388 e. The Balaban J connectivity index is 1.26. The maximum absolute atomic E-state index is 13.1. The first-order chi connectivity index (χ1) is 13.2. The highest BCUT2D eigenvalue weighted by Crippen LogP contribution is 2.49. The Morgan fingerprint density at radius 3 is 2.85 bits per heavy atom. The van der Waals surface area contributed by atoms with Crippen LogP contribution in [0.2, 0.25) is 0 Å². The monoisotopic (exact) mass is 367 g/mol. The molecular formula is C22H26FN3O. The summed E-state index contributed by atoms with van der Waals surface area (Å²) in [6.45, 7) is 5.11. The number of nitrogens with one attached hydrogen (secondary N) is 1. The third-order valence-electron chi connectivity index (χ3n) is 6.46. The average Bonchev–Trinajstić information content (AvgIpc) is 3.02. The standard InChI is InChI=1S/C22H26FN3O/c23-16-6-4-15(5-7-16)21(27)9-12-25-11-8-20-18(14-25)17-2-1-3-19-22(17)26(20)13-10-24-19/h1-7,18,20-21,24,27H,8-14H2/t18-,20-,21?/m0/s1. The van der Waals surface area contributed by atoms with Crippen LogP contribution in [0.5, 0.6) is 0 Å². The number of halogens is 1. The Morgan fingerprint density at radius 2 is 2.00 bits per heavy atom. The van der Waals surface area contributed by atoms with E-state index in [1.54, 1.807) is 12.1 Å². The Morgan fingerprint density at radius 1 is 1.15 bits per heavy atom. The molecule has 0 aliphatic carbocycles. The van der Waals surface area contributed by atoms with Gasteiger partial charge in [-0.1, -0.05) is 24.3 Å². The van der Waals surface area contributed by atoms with Crippen molar-refractivity contribution in [2.24, 2.45) is 0 Å². The van der Waals surface area contributed by atoms with Gasteiger partial charge < -0.3 is 20.2 Å². The second kappa shape index (κ2) is 6.80. The first-order valence-corrected chi connectivity index (χ1v) is 10.00. The minimum Gasteiger partial charge on any atom is -0.388 e. The Labute approximate surface area is 159 Å². The smallest absolute Gasteiger partial charge is 0.123 e. The van der Waals surface area contributed by atoms with Crippen molar-refractivity contribution in [3.05, 3.63) is 59.4 Å². The molecule has 27 heavy (non-hydrogen) atoms. The van der Waals surface area contributed by atoms with Crippen LogP contribution in [0.4, 0.5) is 15.8 Å². The van der Waals surface area contributed by atoms with Crippen LogP contribution in [0.1, 0.15) is 36.0 Å². The van der Waals surface area contributed by atoms with Gasteiger partial charge >= 0.3 is 0 Å². The second-order valence-electron chi connectivity index (χ2n) is 7.98. The molecule has 3 aliphatic rings. The summed E-state index contributed by atoms with van der Waals surface area (Å²) in [7, 11) is 0. The molecule has 3 heterocycles. The molecule has 3 atom stereocenters. The fourth-order valence-electron chi connectivity index (χ4n) is 5.12. The van der Waals surface area contributed by atoms with Crippen molar-refractivity contribution in [2.75, 3.05) is 42.9 Å². The molecule has 4 nitrogen and oxygen atoms in total. The van der Waals surface area contributed by atoms with E-state index in [0.29, 0.717) is 18.4 Å². The molecule has 5 heteroatoms. The molecule has 1 unspecified atom stereocenters. The molecule has 5 rings (SSSR count). The lowest BCUT2D eigenvalue weighted by Gasteiger charge is -2.40. The van der Waals surface area contributed by atoms with E-state index in [2.05, 4.69) is 33.3 Å². The van der Waals surface area contributed by atoms with Crippen molar-refractivity contribution < 1.29 is 9.50 Å². The van der Waals surface area contributed by atoms with Gasteiger partial charge in [-0.2, -0.15) is 0 Å². The molecule has 1 fully saturated rings. The lowest BCUT2D eigenvalue weighted by atomic mass is 9.89. The molecule has 2 aromatic carbocycles. The minimum atomic E-state index is -0.534. The van der Waals surface area contributed by atoms with Crippen LogP contribution in [0, 0.1) is 5.82 Å². The number of nitrogens with zero attached hydrogens (tertiary/aromatic N) is 2. The lowest BCUT2D eigenvalue weighted by molar-refractivity contribution is 0.125. The highest BCUT2D eigenvalue weighted by Gasteiger charge is 2.43. The quantitative estimate of drug-likeness (QED) is 0.869. The summed E-state index contributed by atoms with van der Waals surface area (Å²) >= 11 is 0. The van der Waals surface area contributed by atoms with Gasteiger partial charge in [-0.25, -0.2) is 4.39 Å². The number of likely N-dealkylation sites (tertiary alicyclic amines) is 1. The first kappa shape index (κ1) is 17.0. The zero-order chi connectivity index (χ0) is 18.4. The molecular weight excluding hydrogens is 341 g/mol. The number of hydrogen-bond acceptors (Lipinski definition) is 4. The van der Waals surface area contributed by atoms with Gasteiger partial charge in [-0.15, -0.1) is 0 Å². The zero-order valence-corrected chi connectivity index (χ0v) is 15.4. The third kappa shape index (κ3) is 2.99. The van der Waals surface area contributed by atoms with Crippen molar-refractivity contribution in [3.63, 3.8) is 0 Å². The van der Waals surface area contributed by atoms with Gasteiger partial charge in [-0.05, 0) is 42.2 Å². The Kier molecular flexibility index (Phi) is 4.29. The molecule has 0 bridgehead atoms. The predicted octanol–water partition coefficient (Wildman–Crippen LogP) is 3.35. The molecule has 0 aromatic heterocycles. The van der Waals surface area contributed by atoms with E-state index in [0.717, 1.165) is 38.3 Å². The first-order valence-electron chi connectivity index (χ1n) is 10.00. The summed E-state index contributed by atoms with van der Waals surface area (Å²) in [6.07, 6.45) is 1.32. The van der Waals surface area contributed by atoms with E-state index in [1.807, 2.05) is 0 Å². The van der Waals surface area contributed by atoms with Crippen molar-refractivity contribution in [2.45, 2.75) is 30.9 Å². The van der Waals surface area contributed by atoms with Gasteiger partial charge in [0.05, 0.1) is 17.5 Å². The van der Waals surface area contributed by atoms with Gasteiger partial charge in [0.25, 0.3) is 0 Å². The Bertz CT molecular complexity index is 825. The number of piperidine rings is 1. The van der Waals surface area contributed by atoms with Crippen LogP contribution >= 0.6 is 0 Å². The summed E-state index contributed by atoms with van der Waals surface area (Å²) in [5, 5.41) is 14.0. The number of fused-ring (bicyclic) bond motifs is 3. The van der Waals surface area contributed by atoms with Crippen molar-refractivity contribution in [1.82, 2.24) is 4.90 Å². The summed E-state index contributed by atoms with van der Waals surface area (Å²) in [5.41, 5.74) is 4.98.